The van der Waals surface area contributed by atoms with Crippen molar-refractivity contribution in [2.75, 3.05) is 34.5 Å². The molecule has 0 bridgehead atoms. The molecule has 0 aromatic heterocycles. The molecule has 4 aliphatic rings. The molecule has 0 saturated heterocycles. The molecule has 3 aromatic rings. The van der Waals surface area contributed by atoms with Crippen LogP contribution in [0.2, 0.25) is 0 Å². The molecule has 3 aromatic carbocycles. The lowest BCUT2D eigenvalue weighted by molar-refractivity contribution is -0.392. The lowest BCUT2D eigenvalue weighted by Crippen LogP contribution is -2.39. The third kappa shape index (κ3) is 11.0. The van der Waals surface area contributed by atoms with Crippen molar-refractivity contribution in [2.24, 2.45) is 5.92 Å². The van der Waals surface area contributed by atoms with E-state index in [4.69, 9.17) is 11.2 Å². The smallest absolute Gasteiger partial charge is 0.302 e. The number of halogens is 1. The van der Waals surface area contributed by atoms with E-state index in [2.05, 4.69) is 11.2 Å². The van der Waals surface area contributed by atoms with E-state index in [0.29, 0.717) is 41.5 Å². The fourth-order valence-corrected chi connectivity index (χ4v) is 8.79. The molecule has 0 radical (unpaired) electrons. The van der Waals surface area contributed by atoms with Gasteiger partial charge in [-0.1, -0.05) is 19.8 Å². The minimum Gasteiger partial charge on any atom is -0.481 e. The van der Waals surface area contributed by atoms with Crippen molar-refractivity contribution < 1.29 is 61.1 Å². The molecule has 3 amide bonds. The van der Waals surface area contributed by atoms with E-state index in [1.165, 1.54) is 17.0 Å². The third-order valence-electron chi connectivity index (χ3n) is 12.0. The summed E-state index contributed by atoms with van der Waals surface area (Å²) in [5, 5.41) is 36.5. The van der Waals surface area contributed by atoms with Gasteiger partial charge < -0.3 is 10.1 Å². The number of fused-ring (bicyclic) bond motifs is 1. The molecule has 1 saturated carbocycles. The summed E-state index contributed by atoms with van der Waals surface area (Å²) < 4.78 is 42.9. The van der Waals surface area contributed by atoms with Gasteiger partial charge in [0.05, 0.1) is 43.1 Å². The Labute approximate surface area is 394 Å². The molecule has 21 nitrogen and oxygen atoms in total. The second kappa shape index (κ2) is 21.5. The predicted octanol–water partition coefficient (Wildman–Crippen LogP) is 6.77. The number of sulfone groups is 1. The van der Waals surface area contributed by atoms with Crippen LogP contribution in [0, 0.1) is 68.3 Å². The maximum absolute atomic E-state index is 14.7. The number of benzene rings is 3. The number of carbonyl (C=O) groups is 6. The second-order valence-electron chi connectivity index (χ2n) is 16.4. The Morgan fingerprint density at radius 2 is 1.43 bits per heavy atom. The van der Waals surface area contributed by atoms with Crippen molar-refractivity contribution in [3.8, 4) is 18.1 Å². The van der Waals surface area contributed by atoms with Crippen LogP contribution >= 0.6 is 0 Å². The Kier molecular flexibility index (Phi) is 16.3. The largest absolute Gasteiger partial charge is 0.481 e. The molecule has 7 rings (SSSR count). The molecule has 0 atom stereocenters. The topological polar surface area (TPSA) is 294 Å². The first kappa shape index (κ1) is 52.2. The number of carbonyl (C=O) groups excluding carboxylic acids is 6. The molecule has 2 heterocycles. The van der Waals surface area contributed by atoms with Gasteiger partial charge in [0.2, 0.25) is 0 Å². The minimum absolute atomic E-state index is 0.0109. The van der Waals surface area contributed by atoms with Crippen LogP contribution in [-0.2, 0) is 33.8 Å². The summed E-state index contributed by atoms with van der Waals surface area (Å²) in [5.41, 5.74) is 0.381. The van der Waals surface area contributed by atoms with Gasteiger partial charge in [0.1, 0.15) is 11.7 Å². The molecular weight excluding hydrogens is 928 g/mol. The van der Waals surface area contributed by atoms with Crippen molar-refractivity contribution in [1.29, 1.82) is 0 Å². The second-order valence-corrected chi connectivity index (χ2v) is 18.4. The van der Waals surface area contributed by atoms with Crippen LogP contribution in [0.25, 0.3) is 0 Å². The Morgan fingerprint density at radius 1 is 0.855 bits per heavy atom. The zero-order valence-electron chi connectivity index (χ0n) is 38.1. The van der Waals surface area contributed by atoms with Gasteiger partial charge in [-0.25, -0.2) is 17.7 Å². The van der Waals surface area contributed by atoms with Gasteiger partial charge in [0, 0.05) is 60.0 Å². The van der Waals surface area contributed by atoms with Crippen molar-refractivity contribution in [1.82, 2.24) is 0 Å². The van der Waals surface area contributed by atoms with Crippen molar-refractivity contribution in [3.63, 3.8) is 0 Å². The van der Waals surface area contributed by atoms with Crippen LogP contribution < -0.4 is 19.9 Å². The van der Waals surface area contributed by atoms with Crippen molar-refractivity contribution in [2.45, 2.75) is 96.4 Å². The number of rotatable bonds is 12. The number of ether oxygens (including phenoxy) is 1. The number of hydrogen-bond donors (Lipinski definition) is 1. The highest BCUT2D eigenvalue weighted by Gasteiger charge is 2.42. The summed E-state index contributed by atoms with van der Waals surface area (Å²) >= 11 is 0. The number of anilines is 3. The van der Waals surface area contributed by atoms with E-state index in [0.717, 1.165) is 61.1 Å². The molecular formula is C46H47FN6O15S. The van der Waals surface area contributed by atoms with Gasteiger partial charge in [-0.3, -0.25) is 64.0 Å². The van der Waals surface area contributed by atoms with Gasteiger partial charge in [-0.05, 0) is 82.6 Å². The number of aryl methyl sites for hydroxylation is 1. The van der Waals surface area contributed by atoms with E-state index in [1.54, 1.807) is 13.8 Å². The fraction of sp³-hybridized carbons (Fsp3) is 0.391. The molecule has 364 valence electrons. The standard InChI is InChI=1S/C19H15FN2O4.C14H13NO7S.C13H19N3O4/c1-2-7-21-15-9-14(13(20)8-16(15)26-10-17(21)23)22-18(24)11-5-3-4-6-12(11)19(22)25;1-23(21,22)8-5-6-9(10(7-8)15(19)20)14(18)13-11(16)3-2-4-12(13)17;1-5-10(6-2)14-12-11(15(17)18)7-8(3)9(4)13(12)16(19)20/h1,8-9H,3-7,10H2;5-7,13H,2-4H2,1H3;7,10,14H,5-6H2,1-4H3. The number of nitro benzene ring substituents is 3. The Hall–Kier alpha value is -7.74. The van der Waals surface area contributed by atoms with Crippen LogP contribution in [0.5, 0.6) is 5.75 Å². The lowest BCUT2D eigenvalue weighted by Gasteiger charge is -2.29. The average molecular weight is 975 g/mol. The van der Waals surface area contributed by atoms with Gasteiger partial charge in [0.25, 0.3) is 29.1 Å². The molecule has 2 aliphatic heterocycles. The maximum Gasteiger partial charge on any atom is 0.302 e. The number of nitrogens with one attached hydrogen (secondary N) is 1. The molecule has 2 aliphatic carbocycles. The van der Waals surface area contributed by atoms with Gasteiger partial charge in [0.15, 0.2) is 45.3 Å². The Bertz CT molecular complexity index is 2860. The van der Waals surface area contributed by atoms with E-state index < -0.39 is 76.8 Å². The molecule has 1 fully saturated rings. The van der Waals surface area contributed by atoms with Gasteiger partial charge >= 0.3 is 5.69 Å². The molecule has 1 N–H and O–H groups in total. The molecule has 0 spiro atoms. The van der Waals surface area contributed by atoms with Crippen LogP contribution in [0.3, 0.4) is 0 Å². The van der Waals surface area contributed by atoms with Crippen LogP contribution in [0.4, 0.5) is 38.5 Å². The summed E-state index contributed by atoms with van der Waals surface area (Å²) in [6.45, 7) is 6.84. The first-order chi connectivity index (χ1) is 32.5. The number of Topliss-reactive ketones (excluding diaryl/α,β-unsaturated/α-hetero) is 3. The molecule has 69 heavy (non-hydrogen) atoms. The monoisotopic (exact) mass is 974 g/mol. The summed E-state index contributed by atoms with van der Waals surface area (Å²) in [6.07, 6.45) is 10.8. The number of hydrogen-bond acceptors (Lipinski definition) is 16. The van der Waals surface area contributed by atoms with E-state index in [-0.39, 0.29) is 77.0 Å². The van der Waals surface area contributed by atoms with Gasteiger partial charge in [-0.2, -0.15) is 0 Å². The number of nitro groups is 3. The summed E-state index contributed by atoms with van der Waals surface area (Å²) in [6, 6.07) is 6.51. The lowest BCUT2D eigenvalue weighted by atomic mass is 9.81. The predicted molar refractivity (Wildman–Crippen MR) is 246 cm³/mol. The Morgan fingerprint density at radius 3 is 1.94 bits per heavy atom. The quantitative estimate of drug-likeness (QED) is 0.0489. The number of terminal acetylenes is 1. The summed E-state index contributed by atoms with van der Waals surface area (Å²) in [7, 11) is -3.70. The first-order valence-corrected chi connectivity index (χ1v) is 23.5. The maximum atomic E-state index is 14.7. The first-order valence-electron chi connectivity index (χ1n) is 21.6. The normalized spacial score (nSPS) is 15.8. The van der Waals surface area contributed by atoms with Crippen LogP contribution in [0.15, 0.2) is 52.4 Å². The van der Waals surface area contributed by atoms with Crippen molar-refractivity contribution >= 4 is 79.0 Å². The zero-order valence-corrected chi connectivity index (χ0v) is 38.9. The Balaban J connectivity index is 0.000000195. The highest BCUT2D eigenvalue weighted by Crippen LogP contribution is 2.43. The van der Waals surface area contributed by atoms with E-state index in [1.807, 2.05) is 13.8 Å². The summed E-state index contributed by atoms with van der Waals surface area (Å²) in [4.78, 5) is 107. The number of ketones is 3. The highest BCUT2D eigenvalue weighted by molar-refractivity contribution is 7.90. The average Bonchev–Trinajstić information content (AvgIpc) is 3.55. The van der Waals surface area contributed by atoms with E-state index in [9.17, 15) is 71.9 Å². The minimum atomic E-state index is -3.70. The fourth-order valence-electron chi connectivity index (χ4n) is 8.15. The molecule has 23 heteroatoms. The zero-order chi connectivity index (χ0) is 51.2. The number of amides is 3. The number of nitrogens with zero attached hydrogens (tertiary/aromatic N) is 5. The molecule has 0 unspecified atom stereocenters. The highest BCUT2D eigenvalue weighted by atomic mass is 32.2. The van der Waals surface area contributed by atoms with Crippen molar-refractivity contribution in [3.05, 3.63) is 100 Å². The third-order valence-corrected chi connectivity index (χ3v) is 13.1. The SMILES string of the molecule is C#CCN1C(=O)COc2cc(F)c(N3C(=O)C4=C(CCCC4)C3=O)cc21.CCC(CC)Nc1c([N+](=O)[O-])cc(C)c(C)c1[N+](=O)[O-].CS(=O)(=O)c1ccc(C(=O)C2C(=O)CCCC2=O)c([N+](=O)[O-])c1. The van der Waals surface area contributed by atoms with Crippen LogP contribution in [-0.4, -0.2) is 83.7 Å². The van der Waals surface area contributed by atoms with Crippen LogP contribution in [0.1, 0.15) is 93.1 Å². The summed E-state index contributed by atoms with van der Waals surface area (Å²) in [5.74, 6) is -3.21. The van der Waals surface area contributed by atoms with E-state index >= 15 is 0 Å². The van der Waals surface area contributed by atoms with Gasteiger partial charge in [-0.15, -0.1) is 6.42 Å². The number of imide groups is 1.